The van der Waals surface area contributed by atoms with Crippen molar-refractivity contribution >= 4 is 28.6 Å². The second-order valence-electron chi connectivity index (χ2n) is 6.98. The lowest BCUT2D eigenvalue weighted by Gasteiger charge is -2.15. The highest BCUT2D eigenvalue weighted by molar-refractivity contribution is 7.99. The molecule has 7 heteroatoms. The third-order valence-electron chi connectivity index (χ3n) is 4.54. The first kappa shape index (κ1) is 21.0. The molecule has 0 unspecified atom stereocenters. The molecule has 1 heterocycles. The van der Waals surface area contributed by atoms with E-state index in [2.05, 4.69) is 17.2 Å². The molecular formula is C22H24FN3O2S. The summed E-state index contributed by atoms with van der Waals surface area (Å²) in [7, 11) is 0. The average Bonchev–Trinajstić information content (AvgIpc) is 2.70. The first-order valence-corrected chi connectivity index (χ1v) is 10.6. The number of amides is 1. The van der Waals surface area contributed by atoms with Crippen LogP contribution in [0.5, 0.6) is 0 Å². The van der Waals surface area contributed by atoms with Gasteiger partial charge >= 0.3 is 0 Å². The van der Waals surface area contributed by atoms with Crippen LogP contribution in [0.3, 0.4) is 0 Å². The quantitative estimate of drug-likeness (QED) is 0.448. The van der Waals surface area contributed by atoms with Gasteiger partial charge in [-0.15, -0.1) is 0 Å². The van der Waals surface area contributed by atoms with Gasteiger partial charge in [0.1, 0.15) is 5.82 Å². The molecule has 0 aliphatic heterocycles. The topological polar surface area (TPSA) is 64.0 Å². The second kappa shape index (κ2) is 9.69. The highest BCUT2D eigenvalue weighted by Gasteiger charge is 2.14. The van der Waals surface area contributed by atoms with E-state index in [1.807, 2.05) is 13.0 Å². The molecule has 1 amide bonds. The summed E-state index contributed by atoms with van der Waals surface area (Å²) < 4.78 is 14.8. The number of halogens is 1. The van der Waals surface area contributed by atoms with Crippen molar-refractivity contribution in [2.45, 2.75) is 44.4 Å². The highest BCUT2D eigenvalue weighted by Crippen LogP contribution is 2.19. The van der Waals surface area contributed by atoms with Crippen LogP contribution in [0.1, 0.15) is 32.3 Å². The summed E-state index contributed by atoms with van der Waals surface area (Å²) >= 11 is 1.23. The average molecular weight is 414 g/mol. The first-order chi connectivity index (χ1) is 14.0. The van der Waals surface area contributed by atoms with E-state index in [1.165, 1.54) is 23.9 Å². The number of para-hydroxylation sites is 1. The second-order valence-corrected chi connectivity index (χ2v) is 7.92. The van der Waals surface area contributed by atoms with E-state index >= 15 is 0 Å². The molecule has 152 valence electrons. The van der Waals surface area contributed by atoms with Crippen LogP contribution in [-0.4, -0.2) is 27.3 Å². The minimum Gasteiger partial charge on any atom is -0.353 e. The van der Waals surface area contributed by atoms with Crippen LogP contribution < -0.4 is 10.9 Å². The molecule has 0 aliphatic carbocycles. The Bertz CT molecular complexity index is 1050. The van der Waals surface area contributed by atoms with Crippen LogP contribution in [-0.2, 0) is 11.3 Å². The molecular weight excluding hydrogens is 389 g/mol. The number of thioether (sulfide) groups is 1. The van der Waals surface area contributed by atoms with Crippen LogP contribution in [0.2, 0.25) is 0 Å². The number of hydrogen-bond donors (Lipinski definition) is 1. The third-order valence-corrected chi connectivity index (χ3v) is 5.52. The number of fused-ring (bicyclic) bond motifs is 1. The van der Waals surface area contributed by atoms with Gasteiger partial charge in [0.05, 0.1) is 23.2 Å². The van der Waals surface area contributed by atoms with Gasteiger partial charge in [0, 0.05) is 6.04 Å². The van der Waals surface area contributed by atoms with E-state index in [1.54, 1.807) is 34.9 Å². The molecule has 0 fully saturated rings. The summed E-state index contributed by atoms with van der Waals surface area (Å²) in [6.45, 7) is 4.31. The lowest BCUT2D eigenvalue weighted by Crippen LogP contribution is -2.34. The number of benzene rings is 2. The van der Waals surface area contributed by atoms with Crippen LogP contribution in [0.15, 0.2) is 58.5 Å². The molecule has 2 aromatic carbocycles. The number of carbonyl (C=O) groups excluding carboxylic acids is 1. The lowest BCUT2D eigenvalue weighted by atomic mass is 10.2. The van der Waals surface area contributed by atoms with Crippen molar-refractivity contribution in [1.82, 2.24) is 14.9 Å². The van der Waals surface area contributed by atoms with Gasteiger partial charge in [0.15, 0.2) is 5.16 Å². The molecule has 0 radical (unpaired) electrons. The summed E-state index contributed by atoms with van der Waals surface area (Å²) in [4.78, 5) is 29.9. The zero-order valence-electron chi connectivity index (χ0n) is 16.5. The minimum atomic E-state index is -0.329. The molecule has 1 atom stereocenters. The summed E-state index contributed by atoms with van der Waals surface area (Å²) in [6, 6.07) is 13.3. The molecule has 5 nitrogen and oxygen atoms in total. The molecule has 29 heavy (non-hydrogen) atoms. The van der Waals surface area contributed by atoms with Crippen molar-refractivity contribution in [1.29, 1.82) is 0 Å². The number of nitrogens with zero attached hydrogens (tertiary/aromatic N) is 2. The Balaban J connectivity index is 1.89. The van der Waals surface area contributed by atoms with Crippen LogP contribution >= 0.6 is 11.8 Å². The highest BCUT2D eigenvalue weighted by atomic mass is 32.2. The van der Waals surface area contributed by atoms with E-state index in [0.717, 1.165) is 18.4 Å². The predicted molar refractivity (Wildman–Crippen MR) is 115 cm³/mol. The van der Waals surface area contributed by atoms with Gasteiger partial charge in [0.2, 0.25) is 5.91 Å². The van der Waals surface area contributed by atoms with Crippen molar-refractivity contribution in [3.05, 3.63) is 70.3 Å². The summed E-state index contributed by atoms with van der Waals surface area (Å²) in [5.74, 6) is -0.251. The van der Waals surface area contributed by atoms with E-state index in [-0.39, 0.29) is 35.6 Å². The van der Waals surface area contributed by atoms with Gasteiger partial charge in [-0.2, -0.15) is 0 Å². The maximum Gasteiger partial charge on any atom is 0.262 e. The van der Waals surface area contributed by atoms with Gasteiger partial charge in [-0.3, -0.25) is 14.2 Å². The van der Waals surface area contributed by atoms with Crippen molar-refractivity contribution in [2.24, 2.45) is 0 Å². The molecule has 1 N–H and O–H groups in total. The molecule has 3 aromatic rings. The standard InChI is InChI=1S/C22H24FN3O2S/c1-3-6-15(2)24-20(27)14-29-22-25-19-8-5-4-7-18(19)21(28)26(22)13-16-9-11-17(23)12-10-16/h4-5,7-12,15H,3,6,13-14H2,1-2H3,(H,24,27)/t15-/m0/s1. The fourth-order valence-electron chi connectivity index (χ4n) is 3.12. The van der Waals surface area contributed by atoms with Crippen LogP contribution in [0.25, 0.3) is 10.9 Å². The van der Waals surface area contributed by atoms with E-state index in [0.29, 0.717) is 16.1 Å². The number of aromatic nitrogens is 2. The molecule has 0 aliphatic rings. The SMILES string of the molecule is CCC[C@H](C)NC(=O)CSc1nc2ccccc2c(=O)n1Cc1ccc(F)cc1. The van der Waals surface area contributed by atoms with Gasteiger partial charge in [-0.1, -0.05) is 49.4 Å². The number of carbonyl (C=O) groups is 1. The van der Waals surface area contributed by atoms with Crippen LogP contribution in [0, 0.1) is 5.82 Å². The van der Waals surface area contributed by atoms with E-state index < -0.39 is 0 Å². The third kappa shape index (κ3) is 5.44. The first-order valence-electron chi connectivity index (χ1n) is 9.64. The van der Waals surface area contributed by atoms with E-state index in [9.17, 15) is 14.0 Å². The lowest BCUT2D eigenvalue weighted by molar-refractivity contribution is -0.119. The Labute approximate surface area is 173 Å². The summed E-state index contributed by atoms with van der Waals surface area (Å²) in [6.07, 6.45) is 1.91. The number of rotatable bonds is 8. The monoisotopic (exact) mass is 413 g/mol. The zero-order chi connectivity index (χ0) is 20.8. The van der Waals surface area contributed by atoms with Crippen molar-refractivity contribution in [3.63, 3.8) is 0 Å². The Hall–Kier alpha value is -2.67. The smallest absolute Gasteiger partial charge is 0.262 e. The number of hydrogen-bond acceptors (Lipinski definition) is 4. The van der Waals surface area contributed by atoms with Crippen molar-refractivity contribution < 1.29 is 9.18 Å². The van der Waals surface area contributed by atoms with Crippen molar-refractivity contribution in [3.8, 4) is 0 Å². The zero-order valence-corrected chi connectivity index (χ0v) is 17.3. The Morgan fingerprint density at radius 3 is 2.66 bits per heavy atom. The fraction of sp³-hybridized carbons (Fsp3) is 0.318. The Morgan fingerprint density at radius 2 is 1.93 bits per heavy atom. The van der Waals surface area contributed by atoms with Gasteiger partial charge in [-0.05, 0) is 43.2 Å². The fourth-order valence-corrected chi connectivity index (χ4v) is 3.93. The number of nitrogens with one attached hydrogen (secondary N) is 1. The Kier molecular flexibility index (Phi) is 7.04. The molecule has 0 spiro atoms. The van der Waals surface area contributed by atoms with Crippen LogP contribution in [0.4, 0.5) is 4.39 Å². The summed E-state index contributed by atoms with van der Waals surface area (Å²) in [5, 5.41) is 3.94. The molecule has 0 bridgehead atoms. The van der Waals surface area contributed by atoms with Gasteiger partial charge in [-0.25, -0.2) is 9.37 Å². The maximum atomic E-state index is 13.2. The predicted octanol–water partition coefficient (Wildman–Crippen LogP) is 3.98. The minimum absolute atomic E-state index is 0.0910. The van der Waals surface area contributed by atoms with E-state index in [4.69, 9.17) is 0 Å². The largest absolute Gasteiger partial charge is 0.353 e. The Morgan fingerprint density at radius 1 is 1.21 bits per heavy atom. The normalized spacial score (nSPS) is 12.1. The molecule has 3 rings (SSSR count). The molecule has 0 saturated carbocycles. The van der Waals surface area contributed by atoms with Crippen molar-refractivity contribution in [2.75, 3.05) is 5.75 Å². The van der Waals surface area contributed by atoms with Gasteiger partial charge in [0.25, 0.3) is 5.56 Å². The summed E-state index contributed by atoms with van der Waals surface area (Å²) in [5.41, 5.74) is 1.20. The molecule has 0 saturated heterocycles. The maximum absolute atomic E-state index is 13.2. The molecule has 1 aromatic heterocycles. The van der Waals surface area contributed by atoms with Gasteiger partial charge < -0.3 is 5.32 Å².